The number of hydrogen-bond acceptors (Lipinski definition) is 9. The molecule has 11 heteroatoms. The van der Waals surface area contributed by atoms with Crippen LogP contribution in [0, 0.1) is 0 Å². The lowest BCUT2D eigenvalue weighted by atomic mass is 10.2. The van der Waals surface area contributed by atoms with Crippen LogP contribution in [0.2, 0.25) is 0 Å². The summed E-state index contributed by atoms with van der Waals surface area (Å²) in [6.07, 6.45) is 46.5. The fourth-order valence-electron chi connectivity index (χ4n) is 4.57. The third kappa shape index (κ3) is 40.6. The van der Waals surface area contributed by atoms with E-state index in [1.54, 1.807) is 6.08 Å². The molecule has 3 atom stereocenters. The molecule has 0 amide bonds. The average molecular weight is 816 g/mol. The Morgan fingerprint density at radius 1 is 0.649 bits per heavy atom. The van der Waals surface area contributed by atoms with E-state index in [-0.39, 0.29) is 32.2 Å². The molecule has 0 aromatic carbocycles. The third-order valence-corrected chi connectivity index (χ3v) is 8.91. The van der Waals surface area contributed by atoms with Gasteiger partial charge in [-0.1, -0.05) is 123 Å². The molecule has 0 heterocycles. The summed E-state index contributed by atoms with van der Waals surface area (Å²) in [5.41, 5.74) is 0. The van der Waals surface area contributed by atoms with Gasteiger partial charge in [-0.2, -0.15) is 0 Å². The van der Waals surface area contributed by atoms with Gasteiger partial charge in [-0.3, -0.25) is 14.2 Å². The molecule has 0 aliphatic rings. The Hall–Kier alpha value is -3.37. The molecule has 0 spiro atoms. The van der Waals surface area contributed by atoms with Crippen LogP contribution < -0.4 is 4.89 Å². The average Bonchev–Trinajstić information content (AvgIpc) is 3.16. The molecule has 1 N–H and O–H groups in total. The molecule has 57 heavy (non-hydrogen) atoms. The highest BCUT2D eigenvalue weighted by atomic mass is 31.2. The van der Waals surface area contributed by atoms with Crippen molar-refractivity contribution in [3.05, 3.63) is 109 Å². The summed E-state index contributed by atoms with van der Waals surface area (Å²) < 4.78 is 33.7. The Morgan fingerprint density at radius 2 is 1.16 bits per heavy atom. The molecule has 322 valence electrons. The number of likely N-dealkylation sites (N-methyl/N-ethyl adjacent to an activating group) is 1. The lowest BCUT2D eigenvalue weighted by Gasteiger charge is -2.28. The Kier molecular flexibility index (Phi) is 34.8. The van der Waals surface area contributed by atoms with Crippen molar-refractivity contribution in [2.24, 2.45) is 0 Å². The number of ether oxygens (including phenoxy) is 2. The van der Waals surface area contributed by atoms with Crippen molar-refractivity contribution in [1.29, 1.82) is 0 Å². The number of phosphoric ester groups is 1. The Bertz CT molecular complexity index is 1350. The van der Waals surface area contributed by atoms with E-state index in [2.05, 4.69) is 79.8 Å². The molecule has 0 aromatic heterocycles. The minimum Gasteiger partial charge on any atom is -0.756 e. The molecule has 0 bridgehead atoms. The van der Waals surface area contributed by atoms with Crippen molar-refractivity contribution in [2.45, 2.75) is 122 Å². The van der Waals surface area contributed by atoms with Gasteiger partial charge < -0.3 is 33.0 Å². The van der Waals surface area contributed by atoms with Crippen LogP contribution in [0.3, 0.4) is 0 Å². The second-order valence-corrected chi connectivity index (χ2v) is 15.8. The maximum absolute atomic E-state index is 12.6. The first-order chi connectivity index (χ1) is 27.4. The van der Waals surface area contributed by atoms with Crippen LogP contribution in [0.5, 0.6) is 0 Å². The van der Waals surface area contributed by atoms with Crippen molar-refractivity contribution in [3.63, 3.8) is 0 Å². The molecule has 0 saturated heterocycles. The van der Waals surface area contributed by atoms with Gasteiger partial charge in [-0.05, 0) is 83.5 Å². The molecular formula is C46H74NO9P. The largest absolute Gasteiger partial charge is 0.756 e. The summed E-state index contributed by atoms with van der Waals surface area (Å²) in [6, 6.07) is 0. The summed E-state index contributed by atoms with van der Waals surface area (Å²) in [5, 5.41) is 9.48. The van der Waals surface area contributed by atoms with E-state index in [1.807, 2.05) is 58.4 Å². The minimum absolute atomic E-state index is 0.0617. The van der Waals surface area contributed by atoms with Crippen molar-refractivity contribution in [3.8, 4) is 0 Å². The summed E-state index contributed by atoms with van der Waals surface area (Å²) in [6.45, 7) is 3.61. The van der Waals surface area contributed by atoms with E-state index < -0.39 is 32.5 Å². The van der Waals surface area contributed by atoms with Gasteiger partial charge in [0.1, 0.15) is 19.8 Å². The zero-order valence-electron chi connectivity index (χ0n) is 35.6. The Labute approximate surface area is 345 Å². The molecule has 1 unspecified atom stereocenters. The fraction of sp³-hybridized carbons (Fsp3) is 0.565. The van der Waals surface area contributed by atoms with E-state index in [1.165, 1.54) is 0 Å². The molecule has 0 radical (unpaired) electrons. The van der Waals surface area contributed by atoms with Crippen LogP contribution in [0.15, 0.2) is 109 Å². The van der Waals surface area contributed by atoms with E-state index in [0.717, 1.165) is 57.8 Å². The number of aliphatic hydroxyl groups excluding tert-OH is 1. The first-order valence-electron chi connectivity index (χ1n) is 20.7. The molecule has 0 saturated carbocycles. The number of esters is 2. The van der Waals surface area contributed by atoms with Crippen LogP contribution in [-0.2, 0) is 32.7 Å². The van der Waals surface area contributed by atoms with Crippen LogP contribution in [-0.4, -0.2) is 81.2 Å². The van der Waals surface area contributed by atoms with E-state index in [9.17, 15) is 24.2 Å². The lowest BCUT2D eigenvalue weighted by Crippen LogP contribution is -2.37. The second kappa shape index (κ2) is 36.9. The lowest BCUT2D eigenvalue weighted by molar-refractivity contribution is -0.870. The summed E-state index contributed by atoms with van der Waals surface area (Å²) in [7, 11) is 1.06. The van der Waals surface area contributed by atoms with Gasteiger partial charge in [0.2, 0.25) is 0 Å². The minimum atomic E-state index is -4.66. The number of phosphoric acid groups is 1. The highest BCUT2D eigenvalue weighted by molar-refractivity contribution is 7.45. The molecule has 0 aliphatic heterocycles. The van der Waals surface area contributed by atoms with Crippen molar-refractivity contribution >= 4 is 19.8 Å². The molecule has 0 rings (SSSR count). The molecule has 0 aromatic rings. The first-order valence-corrected chi connectivity index (χ1v) is 22.2. The number of allylic oxidation sites excluding steroid dienone is 17. The topological polar surface area (TPSA) is 131 Å². The normalized spacial score (nSPS) is 15.3. The molecular weight excluding hydrogens is 741 g/mol. The van der Waals surface area contributed by atoms with E-state index in [0.29, 0.717) is 36.7 Å². The van der Waals surface area contributed by atoms with Crippen LogP contribution in [0.25, 0.3) is 0 Å². The number of nitrogens with zero attached hydrogens (tertiary/aromatic N) is 1. The van der Waals surface area contributed by atoms with Crippen LogP contribution in [0.1, 0.15) is 110 Å². The number of hydrogen-bond donors (Lipinski definition) is 1. The third-order valence-electron chi connectivity index (χ3n) is 7.95. The second-order valence-electron chi connectivity index (χ2n) is 14.4. The quantitative estimate of drug-likeness (QED) is 0.0166. The zero-order valence-corrected chi connectivity index (χ0v) is 36.5. The highest BCUT2D eigenvalue weighted by Crippen LogP contribution is 2.38. The fourth-order valence-corrected chi connectivity index (χ4v) is 5.30. The van der Waals surface area contributed by atoms with Gasteiger partial charge in [0.05, 0.1) is 33.9 Å². The molecule has 10 nitrogen and oxygen atoms in total. The van der Waals surface area contributed by atoms with E-state index in [4.69, 9.17) is 18.5 Å². The van der Waals surface area contributed by atoms with Gasteiger partial charge in [-0.15, -0.1) is 0 Å². The Balaban J connectivity index is 4.61. The van der Waals surface area contributed by atoms with Gasteiger partial charge >= 0.3 is 11.9 Å². The number of unbranched alkanes of at least 4 members (excludes halogenated alkanes) is 3. The molecule has 0 aliphatic carbocycles. The Morgan fingerprint density at radius 3 is 1.70 bits per heavy atom. The number of carbonyl (C=O) groups is 2. The number of carbonyl (C=O) groups excluding carboxylic acids is 2. The predicted octanol–water partition coefficient (Wildman–Crippen LogP) is 9.91. The number of aliphatic hydroxyl groups is 1. The van der Waals surface area contributed by atoms with E-state index >= 15 is 0 Å². The maximum atomic E-state index is 12.6. The van der Waals surface area contributed by atoms with Crippen LogP contribution >= 0.6 is 7.82 Å². The zero-order chi connectivity index (χ0) is 42.3. The number of quaternary nitrogens is 1. The van der Waals surface area contributed by atoms with Gasteiger partial charge in [-0.25, -0.2) is 0 Å². The van der Waals surface area contributed by atoms with Crippen LogP contribution in [0.4, 0.5) is 0 Å². The summed E-state index contributed by atoms with van der Waals surface area (Å²) in [5.74, 6) is -0.986. The van der Waals surface area contributed by atoms with Gasteiger partial charge in [0.15, 0.2) is 6.10 Å². The highest BCUT2D eigenvalue weighted by Gasteiger charge is 2.21. The van der Waals surface area contributed by atoms with Crippen molar-refractivity contribution in [2.75, 3.05) is 47.5 Å². The maximum Gasteiger partial charge on any atom is 0.306 e. The smallest absolute Gasteiger partial charge is 0.306 e. The summed E-state index contributed by atoms with van der Waals surface area (Å²) in [4.78, 5) is 37.4. The van der Waals surface area contributed by atoms with Crippen molar-refractivity contribution < 1.29 is 47.2 Å². The SMILES string of the molecule is CC/C=C\C/C=C\C/C=C\C/C=C\CCCCC(=O)OC[C@H](COP(=O)([O-])OCC[N+](C)(C)C)OC(=O)CCC/C=C\C/C=C\C/C=C\C/C=C\C=C\[C@H](O)CC. The standard InChI is InChI=1S/C46H74NO9P/c1-6-8-9-10-11-12-13-14-15-19-22-25-28-31-34-37-45(49)53-41-44(42-55-57(51,52)54-40-39-47(3,4)5)56-46(50)38-35-32-29-26-23-20-17-16-18-21-24-27-30-33-36-43(48)7-2/h8-9,11-12,14-15,17-18,20-22,25-27,29-30,33,36,43-44,48H,6-7,10,13,16,19,23-24,28,31-32,34-35,37-42H2,1-5H3/b9-8-,12-11-,15-14-,20-17-,21-18-,25-22-,29-26-,30-27-,36-33+/t43-,44-/m1/s1. The number of rotatable bonds is 35. The first kappa shape index (κ1) is 53.6. The monoisotopic (exact) mass is 816 g/mol. The van der Waals surface area contributed by atoms with Gasteiger partial charge in [0, 0.05) is 12.8 Å². The van der Waals surface area contributed by atoms with Gasteiger partial charge in [0.25, 0.3) is 7.82 Å². The van der Waals surface area contributed by atoms with Crippen molar-refractivity contribution in [1.82, 2.24) is 0 Å². The molecule has 0 fully saturated rings. The summed E-state index contributed by atoms with van der Waals surface area (Å²) >= 11 is 0. The predicted molar refractivity (Wildman–Crippen MR) is 232 cm³/mol.